The third-order valence-electron chi connectivity index (χ3n) is 3.45. The van der Waals surface area contributed by atoms with E-state index in [1.165, 1.54) is 18.0 Å². The smallest absolute Gasteiger partial charge is 0.266 e. The second-order valence-corrected chi connectivity index (χ2v) is 6.87. The molecule has 132 valence electrons. The molecule has 1 N–H and O–H groups in total. The molecule has 0 fully saturated rings. The van der Waals surface area contributed by atoms with Gasteiger partial charge in [0.1, 0.15) is 0 Å². The molecule has 1 aromatic heterocycles. The quantitative estimate of drug-likeness (QED) is 0.378. The average molecular weight is 385 g/mol. The van der Waals surface area contributed by atoms with E-state index >= 15 is 0 Å². The van der Waals surface area contributed by atoms with Crippen LogP contribution in [-0.4, -0.2) is 21.6 Å². The Morgan fingerprint density at radius 3 is 2.19 bits per heavy atom. The number of aromatic nitrogens is 2. The van der Waals surface area contributed by atoms with Gasteiger partial charge in [0.25, 0.3) is 5.91 Å². The van der Waals surface area contributed by atoms with Crippen molar-refractivity contribution in [1.29, 1.82) is 0 Å². The number of carbonyl (C=O) groups is 1. The Morgan fingerprint density at radius 2 is 1.65 bits per heavy atom. The Hall–Kier alpha value is -2.57. The lowest BCUT2D eigenvalue weighted by molar-refractivity contribution is 0.0948. The molecule has 0 atom stereocenters. The van der Waals surface area contributed by atoms with Crippen LogP contribution in [0.25, 0.3) is 0 Å². The van der Waals surface area contributed by atoms with Gasteiger partial charge in [0.2, 0.25) is 0 Å². The fraction of sp³-hybridized carbons (Fsp3) is 0.105. The maximum absolute atomic E-state index is 12.8. The summed E-state index contributed by atoms with van der Waals surface area (Å²) < 4.78 is 0. The Kier molecular flexibility index (Phi) is 6.09. The van der Waals surface area contributed by atoms with Crippen molar-refractivity contribution in [3.05, 3.63) is 77.6 Å². The van der Waals surface area contributed by atoms with Gasteiger partial charge in [0.15, 0.2) is 10.9 Å². The number of nitrogens with one attached hydrogen (secondary N) is 1. The van der Waals surface area contributed by atoms with E-state index in [1.807, 2.05) is 67.6 Å². The summed E-state index contributed by atoms with van der Waals surface area (Å²) in [7, 11) is 0. The van der Waals surface area contributed by atoms with Crippen molar-refractivity contribution in [2.75, 3.05) is 10.8 Å². The first-order valence-electron chi connectivity index (χ1n) is 8.05. The van der Waals surface area contributed by atoms with Gasteiger partial charge in [-0.25, -0.2) is 9.97 Å². The van der Waals surface area contributed by atoms with Crippen molar-refractivity contribution in [3.63, 3.8) is 0 Å². The van der Waals surface area contributed by atoms with Gasteiger partial charge in [-0.2, -0.15) is 0 Å². The van der Waals surface area contributed by atoms with E-state index in [1.54, 1.807) is 5.01 Å². The van der Waals surface area contributed by atoms with Gasteiger partial charge in [-0.15, -0.1) is 0 Å². The second kappa shape index (κ2) is 8.69. The van der Waals surface area contributed by atoms with E-state index < -0.39 is 5.91 Å². The van der Waals surface area contributed by atoms with Gasteiger partial charge in [-0.3, -0.25) is 15.2 Å². The summed E-state index contributed by atoms with van der Waals surface area (Å²) in [5.74, 6) is 0.408. The van der Waals surface area contributed by atoms with Crippen molar-refractivity contribution in [2.45, 2.75) is 12.1 Å². The molecule has 5 nitrogen and oxygen atoms in total. The number of amides is 1. The lowest BCUT2D eigenvalue weighted by atomic mass is 10.2. The lowest BCUT2D eigenvalue weighted by Gasteiger charge is -2.25. The molecule has 0 unspecified atom stereocenters. The van der Waals surface area contributed by atoms with Gasteiger partial charge in [-0.05, 0) is 30.0 Å². The summed E-state index contributed by atoms with van der Waals surface area (Å²) >= 11 is 7.61. The van der Waals surface area contributed by atoms with Crippen LogP contribution in [0.15, 0.2) is 72.0 Å². The number of benzene rings is 2. The Morgan fingerprint density at radius 1 is 1.08 bits per heavy atom. The topological polar surface area (TPSA) is 58.1 Å². The molecule has 3 aromatic rings. The summed E-state index contributed by atoms with van der Waals surface area (Å²) in [5, 5.41) is 2.44. The standard InChI is InChI=1S/C19H17ClN4OS/c1-2-26-19-21-13-16(20)17(22-19)18(25)23-24(14-9-5-3-6-10-14)15-11-7-4-8-12-15/h3-13H,2H2,1H3,(H,23,25). The number of hydrazine groups is 1. The molecule has 2 aromatic carbocycles. The van der Waals surface area contributed by atoms with Crippen LogP contribution in [0.1, 0.15) is 17.4 Å². The van der Waals surface area contributed by atoms with Crippen molar-refractivity contribution in [1.82, 2.24) is 15.4 Å². The van der Waals surface area contributed by atoms with Crippen LogP contribution >= 0.6 is 23.4 Å². The van der Waals surface area contributed by atoms with E-state index in [4.69, 9.17) is 11.6 Å². The molecule has 0 radical (unpaired) electrons. The average Bonchev–Trinajstić information content (AvgIpc) is 2.69. The number of nitrogens with zero attached hydrogens (tertiary/aromatic N) is 3. The lowest BCUT2D eigenvalue weighted by Crippen LogP contribution is -2.39. The van der Waals surface area contributed by atoms with Crippen LogP contribution in [0, 0.1) is 0 Å². The molecule has 1 heterocycles. The number of carbonyl (C=O) groups excluding carboxylic acids is 1. The molecule has 0 bridgehead atoms. The molecular formula is C19H17ClN4OS. The summed E-state index contributed by atoms with van der Waals surface area (Å²) in [5.41, 5.74) is 4.67. The fourth-order valence-corrected chi connectivity index (χ4v) is 3.01. The number of rotatable bonds is 6. The molecule has 0 aliphatic rings. The fourth-order valence-electron chi connectivity index (χ4n) is 2.30. The number of hydrogen-bond donors (Lipinski definition) is 1. The SMILES string of the molecule is CCSc1ncc(Cl)c(C(=O)NN(c2ccccc2)c2ccccc2)n1. The van der Waals surface area contributed by atoms with Crippen LogP contribution in [0.4, 0.5) is 11.4 Å². The van der Waals surface area contributed by atoms with Crippen molar-refractivity contribution >= 4 is 40.6 Å². The minimum Gasteiger partial charge on any atom is -0.266 e. The van der Waals surface area contributed by atoms with Crippen molar-refractivity contribution in [3.8, 4) is 0 Å². The highest BCUT2D eigenvalue weighted by atomic mass is 35.5. The molecule has 26 heavy (non-hydrogen) atoms. The van der Waals surface area contributed by atoms with Crippen molar-refractivity contribution < 1.29 is 4.79 Å². The van der Waals surface area contributed by atoms with Crippen LogP contribution in [0.5, 0.6) is 0 Å². The highest BCUT2D eigenvalue weighted by Crippen LogP contribution is 2.24. The zero-order valence-corrected chi connectivity index (χ0v) is 15.7. The van der Waals surface area contributed by atoms with E-state index in [2.05, 4.69) is 15.4 Å². The molecule has 0 aliphatic carbocycles. The third-order valence-corrected chi connectivity index (χ3v) is 4.47. The molecule has 3 rings (SSSR count). The second-order valence-electron chi connectivity index (χ2n) is 5.23. The first-order valence-corrected chi connectivity index (χ1v) is 9.42. The highest BCUT2D eigenvalue weighted by Gasteiger charge is 2.18. The summed E-state index contributed by atoms with van der Waals surface area (Å²) in [6, 6.07) is 19.1. The van der Waals surface area contributed by atoms with E-state index in [9.17, 15) is 4.79 Å². The molecule has 0 spiro atoms. The normalized spacial score (nSPS) is 10.4. The highest BCUT2D eigenvalue weighted by molar-refractivity contribution is 7.99. The number of anilines is 2. The Balaban J connectivity index is 1.92. The summed E-state index contributed by atoms with van der Waals surface area (Å²) in [4.78, 5) is 21.3. The molecule has 1 amide bonds. The number of halogens is 1. The summed E-state index contributed by atoms with van der Waals surface area (Å²) in [6.45, 7) is 1.99. The largest absolute Gasteiger partial charge is 0.290 e. The number of thioether (sulfide) groups is 1. The molecule has 0 saturated heterocycles. The Bertz CT molecular complexity index is 838. The molecule has 7 heteroatoms. The molecule has 0 aliphatic heterocycles. The zero-order chi connectivity index (χ0) is 18.4. The van der Waals surface area contributed by atoms with Gasteiger partial charge in [0, 0.05) is 0 Å². The number of para-hydroxylation sites is 2. The van der Waals surface area contributed by atoms with Gasteiger partial charge < -0.3 is 0 Å². The predicted octanol–water partition coefficient (Wildman–Crippen LogP) is 4.73. The predicted molar refractivity (Wildman–Crippen MR) is 106 cm³/mol. The first kappa shape index (κ1) is 18.2. The molecule has 0 saturated carbocycles. The monoisotopic (exact) mass is 384 g/mol. The van der Waals surface area contributed by atoms with E-state index in [0.29, 0.717) is 5.16 Å². The third kappa shape index (κ3) is 4.33. The first-order chi connectivity index (χ1) is 12.7. The zero-order valence-electron chi connectivity index (χ0n) is 14.1. The van der Waals surface area contributed by atoms with Crippen LogP contribution in [0.2, 0.25) is 5.02 Å². The Labute approximate surface area is 161 Å². The minimum absolute atomic E-state index is 0.148. The maximum Gasteiger partial charge on any atom is 0.290 e. The van der Waals surface area contributed by atoms with Gasteiger partial charge in [-0.1, -0.05) is 66.7 Å². The van der Waals surface area contributed by atoms with Gasteiger partial charge in [0.05, 0.1) is 22.6 Å². The minimum atomic E-state index is -0.400. The summed E-state index contributed by atoms with van der Waals surface area (Å²) in [6.07, 6.45) is 1.46. The molecular weight excluding hydrogens is 368 g/mol. The van der Waals surface area contributed by atoms with Gasteiger partial charge >= 0.3 is 0 Å². The number of hydrogen-bond acceptors (Lipinski definition) is 5. The maximum atomic E-state index is 12.8. The van der Waals surface area contributed by atoms with Crippen LogP contribution in [-0.2, 0) is 0 Å². The van der Waals surface area contributed by atoms with Crippen LogP contribution < -0.4 is 10.4 Å². The van der Waals surface area contributed by atoms with Crippen LogP contribution in [0.3, 0.4) is 0 Å². The van der Waals surface area contributed by atoms with E-state index in [0.717, 1.165) is 17.1 Å². The van der Waals surface area contributed by atoms with E-state index in [-0.39, 0.29) is 10.7 Å². The van der Waals surface area contributed by atoms with Crippen molar-refractivity contribution in [2.24, 2.45) is 0 Å².